The average molecular weight is 187 g/mol. The lowest BCUT2D eigenvalue weighted by Crippen LogP contribution is -2.41. The molecule has 13 heavy (non-hydrogen) atoms. The van der Waals surface area contributed by atoms with Crippen LogP contribution in [0.3, 0.4) is 0 Å². The minimum atomic E-state index is -0.159. The van der Waals surface area contributed by atoms with Crippen molar-refractivity contribution in [3.63, 3.8) is 0 Å². The summed E-state index contributed by atoms with van der Waals surface area (Å²) in [5.74, 6) is 0. The molecule has 0 spiro atoms. The summed E-state index contributed by atoms with van der Waals surface area (Å²) in [4.78, 5) is 0. The van der Waals surface area contributed by atoms with Crippen molar-refractivity contribution in [2.24, 2.45) is 0 Å². The van der Waals surface area contributed by atoms with Gasteiger partial charge in [-0.25, -0.2) is 0 Å². The lowest BCUT2D eigenvalue weighted by molar-refractivity contribution is -0.235. The van der Waals surface area contributed by atoms with Gasteiger partial charge in [-0.1, -0.05) is 19.3 Å². The van der Waals surface area contributed by atoms with E-state index in [2.05, 4.69) is 0 Å². The van der Waals surface area contributed by atoms with E-state index in [9.17, 15) is 5.21 Å². The van der Waals surface area contributed by atoms with Crippen LogP contribution in [0, 0.1) is 0 Å². The van der Waals surface area contributed by atoms with E-state index in [0.717, 1.165) is 12.8 Å². The summed E-state index contributed by atoms with van der Waals surface area (Å²) < 4.78 is 5.33. The van der Waals surface area contributed by atoms with Crippen LogP contribution in [0.15, 0.2) is 0 Å². The van der Waals surface area contributed by atoms with Gasteiger partial charge in [-0.05, 0) is 26.7 Å². The van der Waals surface area contributed by atoms with E-state index in [0.29, 0.717) is 12.6 Å². The highest BCUT2D eigenvalue weighted by Crippen LogP contribution is 2.22. The second kappa shape index (κ2) is 5.58. The Labute approximate surface area is 80.6 Å². The normalized spacial score (nSPS) is 22.2. The summed E-state index contributed by atoms with van der Waals surface area (Å²) in [6.07, 6.45) is 5.84. The molecule has 0 amide bonds. The van der Waals surface area contributed by atoms with Gasteiger partial charge >= 0.3 is 0 Å². The van der Waals surface area contributed by atoms with Crippen LogP contribution in [0.4, 0.5) is 0 Å². The van der Waals surface area contributed by atoms with Crippen LogP contribution in [-0.2, 0) is 4.74 Å². The minimum Gasteiger partial charge on any atom is -0.362 e. The molecular weight excluding hydrogens is 166 g/mol. The molecule has 0 aromatic heterocycles. The lowest BCUT2D eigenvalue weighted by atomic mass is 9.95. The fraction of sp³-hybridized carbons (Fsp3) is 1.00. The third-order valence-corrected chi connectivity index (χ3v) is 2.73. The zero-order chi connectivity index (χ0) is 9.68. The monoisotopic (exact) mass is 187 g/mol. The van der Waals surface area contributed by atoms with Gasteiger partial charge in [-0.3, -0.25) is 0 Å². The molecule has 0 radical (unpaired) electrons. The van der Waals surface area contributed by atoms with Crippen molar-refractivity contribution in [1.29, 1.82) is 0 Å². The Bertz CT molecular complexity index is 135. The van der Waals surface area contributed by atoms with E-state index in [1.165, 1.54) is 24.3 Å². The molecule has 0 aromatic carbocycles. The van der Waals surface area contributed by atoms with Gasteiger partial charge in [0.2, 0.25) is 0 Å². The van der Waals surface area contributed by atoms with Crippen molar-refractivity contribution in [1.82, 2.24) is 5.06 Å². The molecule has 78 valence electrons. The number of hydrogen-bond acceptors (Lipinski definition) is 3. The molecule has 1 fully saturated rings. The minimum absolute atomic E-state index is 0.159. The second-order valence-corrected chi connectivity index (χ2v) is 3.73. The van der Waals surface area contributed by atoms with Gasteiger partial charge in [0, 0.05) is 12.6 Å². The highest BCUT2D eigenvalue weighted by molar-refractivity contribution is 4.71. The predicted molar refractivity (Wildman–Crippen MR) is 51.6 cm³/mol. The van der Waals surface area contributed by atoms with E-state index >= 15 is 0 Å². The highest BCUT2D eigenvalue weighted by atomic mass is 16.6. The summed E-state index contributed by atoms with van der Waals surface area (Å²) in [6.45, 7) is 4.51. The predicted octanol–water partition coefficient (Wildman–Crippen LogP) is 2.39. The molecule has 1 atom stereocenters. The maximum Gasteiger partial charge on any atom is 0.130 e. The van der Waals surface area contributed by atoms with E-state index in [-0.39, 0.29) is 6.23 Å². The molecule has 1 saturated carbocycles. The van der Waals surface area contributed by atoms with E-state index < -0.39 is 0 Å². The standard InChI is InChI=1S/C10H21NO2/c1-3-13-9(2)11(12)10-7-5-4-6-8-10/h9-10,12H,3-8H2,1-2H3. The number of rotatable bonds is 4. The summed E-state index contributed by atoms with van der Waals surface area (Å²) in [6, 6.07) is 0.315. The lowest BCUT2D eigenvalue weighted by Gasteiger charge is -2.32. The summed E-state index contributed by atoms with van der Waals surface area (Å²) in [7, 11) is 0. The first-order chi connectivity index (χ1) is 6.25. The van der Waals surface area contributed by atoms with Crippen molar-refractivity contribution in [3.8, 4) is 0 Å². The van der Waals surface area contributed by atoms with Crippen LogP contribution in [0.5, 0.6) is 0 Å². The van der Waals surface area contributed by atoms with Crippen LogP contribution in [-0.4, -0.2) is 29.1 Å². The van der Waals surface area contributed by atoms with Gasteiger partial charge in [-0.2, -0.15) is 5.06 Å². The van der Waals surface area contributed by atoms with Gasteiger partial charge < -0.3 is 9.94 Å². The summed E-state index contributed by atoms with van der Waals surface area (Å²) in [5.41, 5.74) is 0. The first-order valence-electron chi connectivity index (χ1n) is 5.34. The van der Waals surface area contributed by atoms with Gasteiger partial charge in [-0.15, -0.1) is 0 Å². The van der Waals surface area contributed by atoms with Crippen molar-refractivity contribution in [2.45, 2.75) is 58.2 Å². The Morgan fingerprint density at radius 1 is 1.38 bits per heavy atom. The molecule has 1 aliphatic carbocycles. The van der Waals surface area contributed by atoms with Crippen LogP contribution >= 0.6 is 0 Å². The maximum atomic E-state index is 9.78. The molecule has 0 heterocycles. The molecule has 0 bridgehead atoms. The van der Waals surface area contributed by atoms with Crippen molar-refractivity contribution < 1.29 is 9.94 Å². The number of hydrogen-bond donors (Lipinski definition) is 1. The Morgan fingerprint density at radius 3 is 2.54 bits per heavy atom. The molecule has 0 saturated heterocycles. The van der Waals surface area contributed by atoms with Crippen molar-refractivity contribution in [3.05, 3.63) is 0 Å². The second-order valence-electron chi connectivity index (χ2n) is 3.73. The van der Waals surface area contributed by atoms with E-state index in [4.69, 9.17) is 4.74 Å². The van der Waals surface area contributed by atoms with Crippen LogP contribution in [0.2, 0.25) is 0 Å². The van der Waals surface area contributed by atoms with Crippen LogP contribution in [0.25, 0.3) is 0 Å². The highest BCUT2D eigenvalue weighted by Gasteiger charge is 2.23. The fourth-order valence-electron chi connectivity index (χ4n) is 1.96. The molecule has 0 aromatic rings. The molecule has 3 nitrogen and oxygen atoms in total. The summed E-state index contributed by atoms with van der Waals surface area (Å²) >= 11 is 0. The third kappa shape index (κ3) is 3.25. The Morgan fingerprint density at radius 2 is 2.00 bits per heavy atom. The zero-order valence-electron chi connectivity index (χ0n) is 8.70. The molecule has 0 aliphatic heterocycles. The van der Waals surface area contributed by atoms with Gasteiger partial charge in [0.25, 0.3) is 0 Å². The van der Waals surface area contributed by atoms with Crippen LogP contribution in [0.1, 0.15) is 46.0 Å². The Hall–Kier alpha value is -0.120. The Kier molecular flexibility index (Phi) is 4.70. The number of ether oxygens (including phenoxy) is 1. The number of nitrogens with zero attached hydrogens (tertiary/aromatic N) is 1. The first kappa shape index (κ1) is 11.0. The van der Waals surface area contributed by atoms with Gasteiger partial charge in [0.15, 0.2) is 0 Å². The molecule has 1 rings (SSSR count). The van der Waals surface area contributed by atoms with Gasteiger partial charge in [0.1, 0.15) is 6.23 Å². The molecule has 1 N–H and O–H groups in total. The molecule has 1 aliphatic rings. The summed E-state index contributed by atoms with van der Waals surface area (Å²) in [5, 5.41) is 11.2. The fourth-order valence-corrected chi connectivity index (χ4v) is 1.96. The molecule has 3 heteroatoms. The van der Waals surface area contributed by atoms with Crippen molar-refractivity contribution >= 4 is 0 Å². The van der Waals surface area contributed by atoms with E-state index in [1.807, 2.05) is 13.8 Å². The maximum absolute atomic E-state index is 9.78. The van der Waals surface area contributed by atoms with Crippen LogP contribution < -0.4 is 0 Å². The zero-order valence-corrected chi connectivity index (χ0v) is 8.70. The Balaban J connectivity index is 2.31. The SMILES string of the molecule is CCOC(C)N(O)C1CCCCC1. The van der Waals surface area contributed by atoms with Gasteiger partial charge in [0.05, 0.1) is 0 Å². The largest absolute Gasteiger partial charge is 0.362 e. The first-order valence-corrected chi connectivity index (χ1v) is 5.34. The molecular formula is C10H21NO2. The average Bonchev–Trinajstić information content (AvgIpc) is 2.18. The number of hydroxylamine groups is 2. The van der Waals surface area contributed by atoms with Crippen molar-refractivity contribution in [2.75, 3.05) is 6.61 Å². The topological polar surface area (TPSA) is 32.7 Å². The smallest absolute Gasteiger partial charge is 0.130 e. The molecule has 1 unspecified atom stereocenters. The van der Waals surface area contributed by atoms with E-state index in [1.54, 1.807) is 0 Å². The third-order valence-electron chi connectivity index (χ3n) is 2.73. The quantitative estimate of drug-likeness (QED) is 0.542.